The third kappa shape index (κ3) is 1.72. The van der Waals surface area contributed by atoms with Crippen molar-refractivity contribution in [3.8, 4) is 0 Å². The summed E-state index contributed by atoms with van der Waals surface area (Å²) in [7, 11) is 2.47. The maximum absolute atomic E-state index is 2.73. The topological polar surface area (TPSA) is 3.24 Å². The number of hydrogen-bond acceptors (Lipinski definition) is 1. The lowest BCUT2D eigenvalue weighted by molar-refractivity contribution is -0.965. The van der Waals surface area contributed by atoms with Crippen LogP contribution in [0.3, 0.4) is 0 Å². The second-order valence-corrected chi connectivity index (χ2v) is 6.30. The van der Waals surface area contributed by atoms with Crippen LogP contribution < -0.4 is 0 Å². The number of likely N-dealkylation sites (N-methyl/N-ethyl adjacent to an activating group) is 1. The van der Waals surface area contributed by atoms with Gasteiger partial charge in [0.15, 0.2) is 0 Å². The van der Waals surface area contributed by atoms with E-state index in [1.54, 1.807) is 0 Å². The molecular formula is C13H27N2+. The van der Waals surface area contributed by atoms with E-state index in [1.165, 1.54) is 30.4 Å². The molecule has 2 bridgehead atoms. The number of quaternary nitrogens is 1. The minimum absolute atomic E-state index is 0.735. The average Bonchev–Trinajstić information content (AvgIpc) is 2.17. The number of nitrogens with zero attached hydrogens (tertiary/aromatic N) is 2. The second kappa shape index (κ2) is 3.74. The number of piperazine rings is 1. The van der Waals surface area contributed by atoms with Crippen molar-refractivity contribution in [2.24, 2.45) is 0 Å². The smallest absolute Gasteiger partial charge is 0.102 e. The van der Waals surface area contributed by atoms with Crippen LogP contribution in [0.25, 0.3) is 0 Å². The first-order valence-corrected chi connectivity index (χ1v) is 6.55. The summed E-state index contributed by atoms with van der Waals surface area (Å²) in [6.07, 6.45) is 2.88. The van der Waals surface area contributed by atoms with E-state index in [4.69, 9.17) is 0 Å². The zero-order chi connectivity index (χ0) is 11.2. The molecule has 3 saturated heterocycles. The fourth-order valence-electron chi connectivity index (χ4n) is 3.58. The predicted molar refractivity (Wildman–Crippen MR) is 64.8 cm³/mol. The Hall–Kier alpha value is -0.0800. The summed E-state index contributed by atoms with van der Waals surface area (Å²) in [5, 5.41) is 0. The van der Waals surface area contributed by atoms with E-state index in [9.17, 15) is 0 Å². The molecule has 3 aliphatic heterocycles. The van der Waals surface area contributed by atoms with E-state index >= 15 is 0 Å². The Kier molecular flexibility index (Phi) is 2.85. The van der Waals surface area contributed by atoms with E-state index in [1.807, 2.05) is 0 Å². The molecule has 0 aromatic carbocycles. The molecule has 2 unspecified atom stereocenters. The van der Waals surface area contributed by atoms with E-state index < -0.39 is 0 Å². The van der Waals surface area contributed by atoms with Gasteiger partial charge in [0, 0.05) is 12.5 Å². The van der Waals surface area contributed by atoms with Crippen molar-refractivity contribution in [3.05, 3.63) is 0 Å². The van der Waals surface area contributed by atoms with Crippen LogP contribution in [0.4, 0.5) is 0 Å². The van der Waals surface area contributed by atoms with Crippen LogP contribution in [0.5, 0.6) is 0 Å². The zero-order valence-corrected chi connectivity index (χ0v) is 11.0. The molecule has 3 aliphatic rings. The van der Waals surface area contributed by atoms with E-state index in [0.717, 1.165) is 24.2 Å². The molecule has 2 nitrogen and oxygen atoms in total. The van der Waals surface area contributed by atoms with Crippen molar-refractivity contribution in [2.45, 2.75) is 64.7 Å². The van der Waals surface area contributed by atoms with Gasteiger partial charge in [-0.3, -0.25) is 4.90 Å². The minimum atomic E-state index is 0.735. The van der Waals surface area contributed by atoms with E-state index in [2.05, 4.69) is 39.6 Å². The van der Waals surface area contributed by atoms with Crippen LogP contribution in [0.2, 0.25) is 0 Å². The van der Waals surface area contributed by atoms with E-state index in [0.29, 0.717) is 0 Å². The number of fused-ring (bicyclic) bond motifs is 3. The summed E-state index contributed by atoms with van der Waals surface area (Å²) < 4.78 is 1.31. The van der Waals surface area contributed by atoms with Gasteiger partial charge in [0.1, 0.15) is 6.04 Å². The SMILES string of the molecule is CC(C)N1C[C@@H]2CCC1C[N+]2(C)C(C)C. The third-order valence-corrected chi connectivity index (χ3v) is 5.00. The van der Waals surface area contributed by atoms with Gasteiger partial charge in [-0.1, -0.05) is 0 Å². The number of hydrogen-bond donors (Lipinski definition) is 0. The molecule has 0 aromatic rings. The molecular weight excluding hydrogens is 184 g/mol. The Balaban J connectivity index is 2.15. The lowest BCUT2D eigenvalue weighted by Crippen LogP contribution is -2.73. The third-order valence-electron chi connectivity index (χ3n) is 5.00. The van der Waals surface area contributed by atoms with Gasteiger partial charge >= 0.3 is 0 Å². The van der Waals surface area contributed by atoms with Gasteiger partial charge in [-0.15, -0.1) is 0 Å². The molecule has 3 heterocycles. The minimum Gasteiger partial charge on any atom is -0.319 e. The summed E-state index contributed by atoms with van der Waals surface area (Å²) in [5.41, 5.74) is 0. The number of rotatable bonds is 2. The molecule has 0 saturated carbocycles. The first-order valence-electron chi connectivity index (χ1n) is 6.55. The molecule has 3 atom stereocenters. The van der Waals surface area contributed by atoms with Crippen molar-refractivity contribution in [1.29, 1.82) is 0 Å². The standard InChI is InChI=1S/C13H27N2/c1-10(2)14-8-13-7-6-12(14)9-15(13,5)11(3)4/h10-13H,6-9H2,1-5H3/q+1/t12?,13-,15?/m0/s1. The molecule has 2 heteroatoms. The molecule has 3 rings (SSSR count). The number of piperidine rings is 2. The van der Waals surface area contributed by atoms with Crippen LogP contribution in [0.1, 0.15) is 40.5 Å². The molecule has 0 N–H and O–H groups in total. The first-order chi connectivity index (χ1) is 6.95. The van der Waals surface area contributed by atoms with E-state index in [-0.39, 0.29) is 0 Å². The normalized spacial score (nSPS) is 41.8. The van der Waals surface area contributed by atoms with Crippen LogP contribution in [-0.4, -0.2) is 53.7 Å². The average molecular weight is 211 g/mol. The molecule has 0 aromatic heterocycles. The van der Waals surface area contributed by atoms with Crippen molar-refractivity contribution < 1.29 is 4.48 Å². The van der Waals surface area contributed by atoms with Crippen LogP contribution in [0.15, 0.2) is 0 Å². The summed E-state index contributed by atoms with van der Waals surface area (Å²) in [5.74, 6) is 0. The highest BCUT2D eigenvalue weighted by molar-refractivity contribution is 4.90. The Morgan fingerprint density at radius 3 is 2.20 bits per heavy atom. The van der Waals surface area contributed by atoms with Crippen molar-refractivity contribution in [1.82, 2.24) is 4.90 Å². The van der Waals surface area contributed by atoms with Crippen molar-refractivity contribution >= 4 is 0 Å². The monoisotopic (exact) mass is 211 g/mol. The zero-order valence-electron chi connectivity index (χ0n) is 11.0. The molecule has 3 fully saturated rings. The van der Waals surface area contributed by atoms with Crippen molar-refractivity contribution in [3.63, 3.8) is 0 Å². The van der Waals surface area contributed by atoms with Crippen LogP contribution in [-0.2, 0) is 0 Å². The predicted octanol–water partition coefficient (Wildman–Crippen LogP) is 2.10. The molecule has 88 valence electrons. The first kappa shape index (κ1) is 11.4. The van der Waals surface area contributed by atoms with Gasteiger partial charge in [0.05, 0.1) is 32.2 Å². The van der Waals surface area contributed by atoms with Crippen molar-refractivity contribution in [2.75, 3.05) is 20.1 Å². The Labute approximate surface area is 94.8 Å². The summed E-state index contributed by atoms with van der Waals surface area (Å²) in [6.45, 7) is 12.2. The molecule has 0 radical (unpaired) electrons. The highest BCUT2D eigenvalue weighted by Gasteiger charge is 2.49. The highest BCUT2D eigenvalue weighted by atomic mass is 15.5. The lowest BCUT2D eigenvalue weighted by atomic mass is 9.86. The fraction of sp³-hybridized carbons (Fsp3) is 1.00. The van der Waals surface area contributed by atoms with Gasteiger partial charge in [0.2, 0.25) is 0 Å². The fourth-order valence-corrected chi connectivity index (χ4v) is 3.58. The maximum atomic E-state index is 2.73. The molecule has 0 spiro atoms. The van der Waals surface area contributed by atoms with Gasteiger partial charge in [-0.25, -0.2) is 0 Å². The Morgan fingerprint density at radius 2 is 1.80 bits per heavy atom. The summed E-state index contributed by atoms with van der Waals surface area (Å²) in [4.78, 5) is 2.73. The largest absolute Gasteiger partial charge is 0.319 e. The van der Waals surface area contributed by atoms with Gasteiger partial charge in [0.25, 0.3) is 0 Å². The van der Waals surface area contributed by atoms with Crippen LogP contribution >= 0.6 is 0 Å². The second-order valence-electron chi connectivity index (χ2n) is 6.30. The Morgan fingerprint density at radius 1 is 1.13 bits per heavy atom. The van der Waals surface area contributed by atoms with Gasteiger partial charge in [-0.05, 0) is 34.1 Å². The van der Waals surface area contributed by atoms with Crippen LogP contribution in [0, 0.1) is 0 Å². The lowest BCUT2D eigenvalue weighted by Gasteiger charge is -2.58. The highest BCUT2D eigenvalue weighted by Crippen LogP contribution is 2.36. The summed E-state index contributed by atoms with van der Waals surface area (Å²) in [6, 6.07) is 3.26. The van der Waals surface area contributed by atoms with Gasteiger partial charge in [-0.2, -0.15) is 0 Å². The summed E-state index contributed by atoms with van der Waals surface area (Å²) >= 11 is 0. The quantitative estimate of drug-likeness (QED) is 0.632. The maximum Gasteiger partial charge on any atom is 0.102 e. The molecule has 0 aliphatic carbocycles. The van der Waals surface area contributed by atoms with Gasteiger partial charge < -0.3 is 4.48 Å². The molecule has 15 heavy (non-hydrogen) atoms. The molecule has 0 amide bonds. The Bertz CT molecular complexity index is 237.